The number of amides is 1. The van der Waals surface area contributed by atoms with Gasteiger partial charge in [0.1, 0.15) is 0 Å². The Labute approximate surface area is 106 Å². The highest BCUT2D eigenvalue weighted by Gasteiger charge is 2.48. The number of nitrogens with one attached hydrogen (secondary N) is 1. The van der Waals surface area contributed by atoms with Crippen molar-refractivity contribution in [1.82, 2.24) is 5.32 Å². The van der Waals surface area contributed by atoms with E-state index in [-0.39, 0.29) is 17.9 Å². The molecule has 0 spiro atoms. The van der Waals surface area contributed by atoms with E-state index >= 15 is 0 Å². The molecule has 0 heterocycles. The molecule has 2 aliphatic carbocycles. The fourth-order valence-corrected chi connectivity index (χ4v) is 3.53. The molecule has 2 unspecified atom stereocenters. The number of carbonyl (C=O) groups is 2. The molecular weight excluding hydrogens is 238 g/mol. The quantitative estimate of drug-likeness (QED) is 0.801. The molecule has 96 valence electrons. The number of carbonyl (C=O) groups excluding carboxylic acids is 1. The average Bonchev–Trinajstić information content (AvgIpc) is 3.09. The van der Waals surface area contributed by atoms with Gasteiger partial charge in [-0.15, -0.1) is 0 Å². The summed E-state index contributed by atoms with van der Waals surface area (Å²) >= 11 is 1.80. The lowest BCUT2D eigenvalue weighted by Crippen LogP contribution is -2.44. The standard InChI is InChI=1S/C12H19NO3S/c1-17-10-5-3-2-4-9(10)13-11(14)7-6-8(7)12(15)16/h7-10H,2-6H2,1H3,(H,13,14)(H,15,16)/t7-,8+,9?,10?/m1/s1. The lowest BCUT2D eigenvalue weighted by Gasteiger charge is -2.31. The van der Waals surface area contributed by atoms with Crippen LogP contribution < -0.4 is 5.32 Å². The lowest BCUT2D eigenvalue weighted by atomic mass is 9.94. The van der Waals surface area contributed by atoms with E-state index in [0.717, 1.165) is 19.3 Å². The van der Waals surface area contributed by atoms with Crippen molar-refractivity contribution in [2.24, 2.45) is 11.8 Å². The first-order chi connectivity index (χ1) is 8.13. The summed E-state index contributed by atoms with van der Waals surface area (Å²) in [5, 5.41) is 12.3. The van der Waals surface area contributed by atoms with Crippen molar-refractivity contribution in [3.63, 3.8) is 0 Å². The van der Waals surface area contributed by atoms with Gasteiger partial charge in [0.15, 0.2) is 0 Å². The highest BCUT2D eigenvalue weighted by Crippen LogP contribution is 2.39. The second-order valence-electron chi connectivity index (χ2n) is 4.96. The normalized spacial score (nSPS) is 36.3. The van der Waals surface area contributed by atoms with E-state index in [2.05, 4.69) is 11.6 Å². The van der Waals surface area contributed by atoms with Crippen LogP contribution in [0.25, 0.3) is 0 Å². The molecular formula is C12H19NO3S. The number of hydrogen-bond donors (Lipinski definition) is 2. The molecule has 4 nitrogen and oxygen atoms in total. The molecule has 0 bridgehead atoms. The molecule has 2 fully saturated rings. The van der Waals surface area contributed by atoms with Crippen LogP contribution in [0.15, 0.2) is 0 Å². The Balaban J connectivity index is 1.84. The summed E-state index contributed by atoms with van der Waals surface area (Å²) < 4.78 is 0. The van der Waals surface area contributed by atoms with Crippen LogP contribution in [0.5, 0.6) is 0 Å². The van der Waals surface area contributed by atoms with Crippen molar-refractivity contribution in [1.29, 1.82) is 0 Å². The molecule has 0 aromatic carbocycles. The predicted octanol–water partition coefficient (Wildman–Crippen LogP) is 1.50. The number of carboxylic acid groups (broad SMARTS) is 1. The Morgan fingerprint density at radius 3 is 2.53 bits per heavy atom. The average molecular weight is 257 g/mol. The van der Waals surface area contributed by atoms with Crippen molar-refractivity contribution in [3.8, 4) is 0 Å². The van der Waals surface area contributed by atoms with Crippen molar-refractivity contribution < 1.29 is 14.7 Å². The van der Waals surface area contributed by atoms with Crippen LogP contribution >= 0.6 is 11.8 Å². The molecule has 17 heavy (non-hydrogen) atoms. The Morgan fingerprint density at radius 1 is 1.24 bits per heavy atom. The van der Waals surface area contributed by atoms with Gasteiger partial charge in [0.05, 0.1) is 11.8 Å². The Morgan fingerprint density at radius 2 is 1.94 bits per heavy atom. The summed E-state index contributed by atoms with van der Waals surface area (Å²) in [6, 6.07) is 0.237. The summed E-state index contributed by atoms with van der Waals surface area (Å²) in [4.78, 5) is 22.6. The Kier molecular flexibility index (Phi) is 3.97. The molecule has 1 amide bonds. The maximum absolute atomic E-state index is 11.9. The zero-order valence-corrected chi connectivity index (χ0v) is 10.8. The maximum Gasteiger partial charge on any atom is 0.307 e. The van der Waals surface area contributed by atoms with E-state index in [0.29, 0.717) is 11.7 Å². The second-order valence-corrected chi connectivity index (χ2v) is 6.04. The van der Waals surface area contributed by atoms with Crippen LogP contribution in [0.4, 0.5) is 0 Å². The first kappa shape index (κ1) is 12.7. The first-order valence-electron chi connectivity index (χ1n) is 6.19. The molecule has 2 saturated carbocycles. The summed E-state index contributed by atoms with van der Waals surface area (Å²) in [7, 11) is 0. The van der Waals surface area contributed by atoms with E-state index in [1.165, 1.54) is 6.42 Å². The Hall–Kier alpha value is -0.710. The summed E-state index contributed by atoms with van der Waals surface area (Å²) in [5.74, 6) is -1.61. The third-order valence-corrected chi connectivity index (χ3v) is 4.95. The van der Waals surface area contributed by atoms with Gasteiger partial charge in [0.2, 0.25) is 5.91 Å². The molecule has 5 heteroatoms. The molecule has 0 saturated heterocycles. The zero-order valence-electron chi connectivity index (χ0n) is 10.0. The fraction of sp³-hybridized carbons (Fsp3) is 0.833. The van der Waals surface area contributed by atoms with Crippen LogP contribution in [0.3, 0.4) is 0 Å². The van der Waals surface area contributed by atoms with Crippen molar-refractivity contribution >= 4 is 23.6 Å². The molecule has 0 aliphatic heterocycles. The van der Waals surface area contributed by atoms with E-state index < -0.39 is 11.9 Å². The largest absolute Gasteiger partial charge is 0.481 e. The van der Waals surface area contributed by atoms with E-state index in [9.17, 15) is 9.59 Å². The van der Waals surface area contributed by atoms with Gasteiger partial charge in [0.25, 0.3) is 0 Å². The lowest BCUT2D eigenvalue weighted by molar-refractivity contribution is -0.140. The van der Waals surface area contributed by atoms with Gasteiger partial charge in [-0.05, 0) is 25.5 Å². The first-order valence-corrected chi connectivity index (χ1v) is 7.48. The Bertz CT molecular complexity index is 321. The van der Waals surface area contributed by atoms with E-state index in [4.69, 9.17) is 5.11 Å². The molecule has 0 aromatic heterocycles. The summed E-state index contributed by atoms with van der Waals surface area (Å²) in [6.07, 6.45) is 7.17. The van der Waals surface area contributed by atoms with Crippen molar-refractivity contribution in [2.75, 3.05) is 6.26 Å². The van der Waals surface area contributed by atoms with Crippen molar-refractivity contribution in [3.05, 3.63) is 0 Å². The minimum absolute atomic E-state index is 0.0525. The smallest absolute Gasteiger partial charge is 0.307 e. The maximum atomic E-state index is 11.9. The van der Waals surface area contributed by atoms with E-state index in [1.807, 2.05) is 0 Å². The minimum atomic E-state index is -0.838. The van der Waals surface area contributed by atoms with Gasteiger partial charge in [-0.1, -0.05) is 12.8 Å². The number of thioether (sulfide) groups is 1. The van der Waals surface area contributed by atoms with Crippen LogP contribution in [-0.4, -0.2) is 34.5 Å². The highest BCUT2D eigenvalue weighted by molar-refractivity contribution is 7.99. The van der Waals surface area contributed by atoms with Gasteiger partial charge in [-0.3, -0.25) is 9.59 Å². The van der Waals surface area contributed by atoms with Gasteiger partial charge in [-0.25, -0.2) is 0 Å². The predicted molar refractivity (Wildman–Crippen MR) is 66.9 cm³/mol. The topological polar surface area (TPSA) is 66.4 Å². The minimum Gasteiger partial charge on any atom is -0.481 e. The summed E-state index contributed by atoms with van der Waals surface area (Å²) in [5.41, 5.74) is 0. The number of carboxylic acids is 1. The van der Waals surface area contributed by atoms with Crippen molar-refractivity contribution in [2.45, 2.75) is 43.4 Å². The molecule has 2 N–H and O–H groups in total. The second kappa shape index (κ2) is 5.29. The van der Waals surface area contributed by atoms with Gasteiger partial charge in [-0.2, -0.15) is 11.8 Å². The van der Waals surface area contributed by atoms with Crippen LogP contribution in [0.1, 0.15) is 32.1 Å². The zero-order chi connectivity index (χ0) is 12.4. The SMILES string of the molecule is CSC1CCCCC1NC(=O)[C@@H]1C[C@@H]1C(=O)O. The molecule has 2 aliphatic rings. The monoisotopic (exact) mass is 257 g/mol. The molecule has 0 aromatic rings. The van der Waals surface area contributed by atoms with Crippen LogP contribution in [0.2, 0.25) is 0 Å². The number of hydrogen-bond acceptors (Lipinski definition) is 3. The number of aliphatic carboxylic acids is 1. The highest BCUT2D eigenvalue weighted by atomic mass is 32.2. The molecule has 0 radical (unpaired) electrons. The van der Waals surface area contributed by atoms with Crippen LogP contribution in [0, 0.1) is 11.8 Å². The van der Waals surface area contributed by atoms with Gasteiger partial charge < -0.3 is 10.4 Å². The number of rotatable bonds is 4. The third-order valence-electron chi connectivity index (χ3n) is 3.78. The van der Waals surface area contributed by atoms with Gasteiger partial charge in [0, 0.05) is 11.3 Å². The summed E-state index contributed by atoms with van der Waals surface area (Å²) in [6.45, 7) is 0. The molecule has 2 rings (SSSR count). The van der Waals surface area contributed by atoms with Crippen LogP contribution in [-0.2, 0) is 9.59 Å². The third kappa shape index (κ3) is 2.94. The molecule has 4 atom stereocenters. The van der Waals surface area contributed by atoms with Gasteiger partial charge >= 0.3 is 5.97 Å². The fourth-order valence-electron chi connectivity index (χ4n) is 2.59. The van der Waals surface area contributed by atoms with E-state index in [1.54, 1.807) is 11.8 Å².